The molecule has 154 valence electrons. The Kier molecular flexibility index (Phi) is 4.11. The molecule has 0 saturated carbocycles. The average molecular weight is 404 g/mol. The maximum atomic E-state index is 13.3. The summed E-state index contributed by atoms with van der Waals surface area (Å²) in [7, 11) is 1.11. The fraction of sp³-hybridized carbons (Fsp3) is 0.350. The lowest BCUT2D eigenvalue weighted by atomic mass is 9.61. The van der Waals surface area contributed by atoms with Gasteiger partial charge in [0.2, 0.25) is 22.9 Å². The van der Waals surface area contributed by atoms with E-state index in [1.807, 2.05) is 0 Å². The molecule has 2 aromatic carbocycles. The van der Waals surface area contributed by atoms with Crippen LogP contribution in [-0.2, 0) is 4.79 Å². The third-order valence-corrected chi connectivity index (χ3v) is 5.95. The monoisotopic (exact) mass is 404 g/mol. The van der Waals surface area contributed by atoms with E-state index in [0.717, 1.165) is 14.0 Å². The predicted octanol–water partition coefficient (Wildman–Crippen LogP) is 1.70. The minimum atomic E-state index is -2.99. The van der Waals surface area contributed by atoms with Crippen molar-refractivity contribution in [2.45, 2.75) is 33.3 Å². The van der Waals surface area contributed by atoms with Gasteiger partial charge in [0.25, 0.3) is 0 Å². The van der Waals surface area contributed by atoms with E-state index in [1.165, 1.54) is 20.8 Å². The number of hydrogen-bond acceptors (Lipinski definition) is 9. The Bertz CT molecular complexity index is 1140. The Morgan fingerprint density at radius 1 is 0.897 bits per heavy atom. The Morgan fingerprint density at radius 3 is 1.83 bits per heavy atom. The van der Waals surface area contributed by atoms with E-state index in [4.69, 9.17) is 4.74 Å². The Balaban J connectivity index is 2.68. The van der Waals surface area contributed by atoms with E-state index in [0.29, 0.717) is 0 Å². The largest absolute Gasteiger partial charge is 0.504 e. The fourth-order valence-corrected chi connectivity index (χ4v) is 3.77. The number of rotatable bonds is 3. The molecule has 0 radical (unpaired) electrons. The maximum Gasteiger partial charge on any atom is 0.207 e. The van der Waals surface area contributed by atoms with Gasteiger partial charge in [0.05, 0.1) is 23.7 Å². The minimum absolute atomic E-state index is 0.0878. The molecular weight excluding hydrogens is 384 g/mol. The van der Waals surface area contributed by atoms with Crippen LogP contribution in [-0.4, -0.2) is 55.6 Å². The Labute approximate surface area is 164 Å². The number of ketones is 3. The van der Waals surface area contributed by atoms with Gasteiger partial charge in [0, 0.05) is 16.3 Å². The van der Waals surface area contributed by atoms with Crippen LogP contribution in [0.3, 0.4) is 0 Å². The number of aliphatic hydroxyl groups is 1. The van der Waals surface area contributed by atoms with Gasteiger partial charge in [0.15, 0.2) is 23.0 Å². The van der Waals surface area contributed by atoms with Crippen molar-refractivity contribution in [2.75, 3.05) is 7.11 Å². The van der Waals surface area contributed by atoms with Gasteiger partial charge >= 0.3 is 0 Å². The number of aryl methyl sites for hydroxylation is 1. The van der Waals surface area contributed by atoms with E-state index in [-0.39, 0.29) is 16.3 Å². The number of carbonyl (C=O) groups excluding carboxylic acids is 3. The van der Waals surface area contributed by atoms with Gasteiger partial charge in [-0.1, -0.05) is 0 Å². The SMILES string of the molecule is COc1c(O)c2c3c(c(O)c(O)c(C)c3c1O)C(=O)[C@@](O)(C(C)(C)C(C)=O)C2=O. The van der Waals surface area contributed by atoms with Crippen molar-refractivity contribution in [3.63, 3.8) is 0 Å². The highest BCUT2D eigenvalue weighted by atomic mass is 16.5. The number of carbonyl (C=O) groups is 3. The van der Waals surface area contributed by atoms with Crippen molar-refractivity contribution in [3.05, 3.63) is 16.7 Å². The van der Waals surface area contributed by atoms with E-state index in [2.05, 4.69) is 0 Å². The van der Waals surface area contributed by atoms with Crippen molar-refractivity contribution in [1.82, 2.24) is 0 Å². The summed E-state index contributed by atoms with van der Waals surface area (Å²) >= 11 is 0. The van der Waals surface area contributed by atoms with E-state index >= 15 is 0 Å². The normalized spacial score (nSPS) is 19.0. The van der Waals surface area contributed by atoms with E-state index in [9.17, 15) is 39.9 Å². The molecular formula is C20H20O9. The lowest BCUT2D eigenvalue weighted by Gasteiger charge is -2.41. The van der Waals surface area contributed by atoms with Gasteiger partial charge in [-0.2, -0.15) is 0 Å². The van der Waals surface area contributed by atoms with Gasteiger partial charge < -0.3 is 30.3 Å². The first-order valence-corrected chi connectivity index (χ1v) is 8.59. The van der Waals surface area contributed by atoms with Crippen molar-refractivity contribution >= 4 is 28.1 Å². The highest BCUT2D eigenvalue weighted by Crippen LogP contribution is 2.56. The first-order valence-electron chi connectivity index (χ1n) is 8.59. The van der Waals surface area contributed by atoms with Crippen LogP contribution in [0.1, 0.15) is 47.1 Å². The second-order valence-electron chi connectivity index (χ2n) is 7.60. The van der Waals surface area contributed by atoms with Crippen LogP contribution in [0.2, 0.25) is 0 Å². The predicted molar refractivity (Wildman–Crippen MR) is 100.0 cm³/mol. The quantitative estimate of drug-likeness (QED) is 0.379. The summed E-state index contributed by atoms with van der Waals surface area (Å²) < 4.78 is 4.96. The van der Waals surface area contributed by atoms with Crippen molar-refractivity contribution < 1.29 is 44.7 Å². The molecule has 3 rings (SSSR count). The van der Waals surface area contributed by atoms with Crippen LogP contribution in [0.5, 0.6) is 28.7 Å². The molecule has 5 N–H and O–H groups in total. The Hall–Kier alpha value is -3.33. The topological polar surface area (TPSA) is 162 Å². The molecule has 9 nitrogen and oxygen atoms in total. The molecule has 0 aliphatic heterocycles. The highest BCUT2D eigenvalue weighted by Gasteiger charge is 2.62. The molecule has 1 atom stereocenters. The zero-order valence-electron chi connectivity index (χ0n) is 16.4. The molecule has 0 saturated heterocycles. The number of aromatic hydroxyl groups is 4. The Morgan fingerprint density at radius 2 is 1.38 bits per heavy atom. The second kappa shape index (κ2) is 5.84. The van der Waals surface area contributed by atoms with Gasteiger partial charge in [-0.25, -0.2) is 0 Å². The smallest absolute Gasteiger partial charge is 0.207 e. The summed E-state index contributed by atoms with van der Waals surface area (Å²) in [5.74, 6) is -7.13. The van der Waals surface area contributed by atoms with Gasteiger partial charge in [-0.05, 0) is 27.7 Å². The minimum Gasteiger partial charge on any atom is -0.504 e. The maximum absolute atomic E-state index is 13.3. The zero-order chi connectivity index (χ0) is 22.2. The summed E-state index contributed by atoms with van der Waals surface area (Å²) in [6.07, 6.45) is 0. The lowest BCUT2D eigenvalue weighted by Crippen LogP contribution is -2.61. The van der Waals surface area contributed by atoms with Crippen LogP contribution < -0.4 is 4.74 Å². The van der Waals surface area contributed by atoms with Gasteiger partial charge in [-0.3, -0.25) is 14.4 Å². The molecule has 0 unspecified atom stereocenters. The number of phenols is 4. The molecule has 0 aromatic heterocycles. The van der Waals surface area contributed by atoms with Crippen LogP contribution >= 0.6 is 0 Å². The van der Waals surface area contributed by atoms with Gasteiger partial charge in [-0.15, -0.1) is 0 Å². The van der Waals surface area contributed by atoms with Crippen molar-refractivity contribution in [3.8, 4) is 28.7 Å². The molecule has 0 amide bonds. The molecule has 2 aromatic rings. The first-order chi connectivity index (χ1) is 13.3. The average Bonchev–Trinajstić information content (AvgIpc) is 2.64. The summed E-state index contributed by atoms with van der Waals surface area (Å²) in [6.45, 7) is 4.73. The molecule has 1 aliphatic carbocycles. The lowest BCUT2D eigenvalue weighted by molar-refractivity contribution is -0.133. The number of Topliss-reactive ketones (excluding diaryl/α,β-unsaturated/α-hetero) is 3. The number of ether oxygens (including phenoxy) is 1. The van der Waals surface area contributed by atoms with Crippen LogP contribution in [0, 0.1) is 12.3 Å². The molecule has 0 heterocycles. The highest BCUT2D eigenvalue weighted by molar-refractivity contribution is 6.38. The van der Waals surface area contributed by atoms with E-state index < -0.39 is 68.2 Å². The fourth-order valence-electron chi connectivity index (χ4n) is 3.77. The molecule has 0 fully saturated rings. The van der Waals surface area contributed by atoms with Crippen molar-refractivity contribution in [1.29, 1.82) is 0 Å². The number of phenolic OH excluding ortho intramolecular Hbond substituents is 4. The third kappa shape index (κ3) is 2.10. The molecule has 0 spiro atoms. The molecule has 29 heavy (non-hydrogen) atoms. The standard InChI is InChI=1S/C20H20O9/c1-6-8-9-10(13(23)12(6)22)17(26)20(28,19(3,4)7(2)21)18(27)11(9)15(25)16(29-5)14(8)24/h22-25,28H,1-5H3/t20-/m0/s1. The summed E-state index contributed by atoms with van der Waals surface area (Å²) in [6, 6.07) is 0. The summed E-state index contributed by atoms with van der Waals surface area (Å²) in [5.41, 5.74) is -6.33. The molecule has 9 heteroatoms. The van der Waals surface area contributed by atoms with Crippen LogP contribution in [0.25, 0.3) is 10.8 Å². The van der Waals surface area contributed by atoms with Gasteiger partial charge in [0.1, 0.15) is 5.78 Å². The zero-order valence-corrected chi connectivity index (χ0v) is 16.4. The van der Waals surface area contributed by atoms with Crippen LogP contribution in [0.4, 0.5) is 0 Å². The number of hydrogen-bond donors (Lipinski definition) is 5. The number of methoxy groups -OCH3 is 1. The molecule has 1 aliphatic rings. The first kappa shape index (κ1) is 20.4. The second-order valence-corrected chi connectivity index (χ2v) is 7.60. The summed E-state index contributed by atoms with van der Waals surface area (Å²) in [4.78, 5) is 38.8. The van der Waals surface area contributed by atoms with Crippen molar-refractivity contribution in [2.24, 2.45) is 5.41 Å². The third-order valence-electron chi connectivity index (χ3n) is 5.95. The molecule has 0 bridgehead atoms. The van der Waals surface area contributed by atoms with Crippen LogP contribution in [0.15, 0.2) is 0 Å². The number of benzene rings is 2. The van der Waals surface area contributed by atoms with E-state index in [1.54, 1.807) is 0 Å². The summed E-state index contributed by atoms with van der Waals surface area (Å²) in [5, 5.41) is 52.6.